The average molecular weight is 211 g/mol. The van der Waals surface area contributed by atoms with Crippen LogP contribution in [0.2, 0.25) is 0 Å². The first-order chi connectivity index (χ1) is 5.02. The Labute approximate surface area is 77.1 Å². The van der Waals surface area contributed by atoms with E-state index in [2.05, 4.69) is 23.1 Å². The molecule has 0 aliphatic heterocycles. The third-order valence-corrected chi connectivity index (χ3v) is 1.16. The lowest BCUT2D eigenvalue weighted by molar-refractivity contribution is -0.125. The number of carbonyl (C=O) groups is 2. The van der Waals surface area contributed by atoms with Crippen molar-refractivity contribution in [2.24, 2.45) is 0 Å². The maximum atomic E-state index is 10.6. The van der Waals surface area contributed by atoms with Gasteiger partial charge < -0.3 is 0 Å². The van der Waals surface area contributed by atoms with E-state index in [0.29, 0.717) is 14.9 Å². The Morgan fingerprint density at radius 1 is 1.45 bits per heavy atom. The third kappa shape index (κ3) is 7.43. The van der Waals surface area contributed by atoms with Gasteiger partial charge in [-0.15, -0.1) is 0 Å². The Morgan fingerprint density at radius 3 is 2.36 bits per heavy atom. The summed E-state index contributed by atoms with van der Waals surface area (Å²) < 4.78 is 0.556. The summed E-state index contributed by atoms with van der Waals surface area (Å²) in [5, 5.41) is -0.691. The number of hydrazine groups is 1. The SMILES string of the molecule is O=C(Cl)CC(=O)NNC([SiH3])=S. The number of halogens is 1. The normalized spacial score (nSPS) is 8.82. The van der Waals surface area contributed by atoms with Crippen molar-refractivity contribution in [2.45, 2.75) is 6.42 Å². The van der Waals surface area contributed by atoms with Crippen LogP contribution in [0.25, 0.3) is 0 Å². The van der Waals surface area contributed by atoms with E-state index in [0.717, 1.165) is 0 Å². The topological polar surface area (TPSA) is 58.2 Å². The van der Waals surface area contributed by atoms with Crippen molar-refractivity contribution in [3.05, 3.63) is 0 Å². The Balaban J connectivity index is 3.53. The van der Waals surface area contributed by atoms with Gasteiger partial charge in [-0.3, -0.25) is 20.4 Å². The molecule has 62 valence electrons. The molecule has 11 heavy (non-hydrogen) atoms. The first-order valence-electron chi connectivity index (χ1n) is 2.76. The van der Waals surface area contributed by atoms with E-state index in [4.69, 9.17) is 11.6 Å². The van der Waals surface area contributed by atoms with Gasteiger partial charge in [0.1, 0.15) is 6.42 Å². The Morgan fingerprint density at radius 2 is 2.00 bits per heavy atom. The fourth-order valence-electron chi connectivity index (χ4n) is 0.328. The van der Waals surface area contributed by atoms with E-state index in [1.54, 1.807) is 0 Å². The zero-order chi connectivity index (χ0) is 8.85. The minimum Gasteiger partial charge on any atom is -0.298 e. The summed E-state index contributed by atoms with van der Waals surface area (Å²) in [6, 6.07) is 0. The van der Waals surface area contributed by atoms with E-state index in [1.807, 2.05) is 0 Å². The maximum Gasteiger partial charge on any atom is 0.247 e. The minimum atomic E-state index is -0.691. The zero-order valence-corrected chi connectivity index (χ0v) is 9.38. The number of thiocarbonyl (C=S) groups is 1. The van der Waals surface area contributed by atoms with E-state index >= 15 is 0 Å². The number of hydrogen-bond acceptors (Lipinski definition) is 3. The molecule has 0 atom stereocenters. The van der Waals surface area contributed by atoms with Crippen LogP contribution in [-0.4, -0.2) is 26.0 Å². The predicted octanol–water partition coefficient (Wildman–Crippen LogP) is -1.59. The fraction of sp³-hybridized carbons (Fsp3) is 0.250. The molecular weight excluding hydrogens is 204 g/mol. The van der Waals surface area contributed by atoms with Gasteiger partial charge in [0, 0.05) is 0 Å². The lowest BCUT2D eigenvalue weighted by Gasteiger charge is -2.03. The summed E-state index contributed by atoms with van der Waals surface area (Å²) in [5.74, 6) is -0.483. The highest BCUT2D eigenvalue weighted by molar-refractivity contribution is 7.82. The lowest BCUT2D eigenvalue weighted by atomic mass is 10.5. The highest BCUT2D eigenvalue weighted by Crippen LogP contribution is 1.86. The lowest BCUT2D eigenvalue weighted by Crippen LogP contribution is -2.41. The molecule has 0 rings (SSSR count). The molecule has 0 bridgehead atoms. The molecule has 0 saturated heterocycles. The molecule has 0 unspecified atom stereocenters. The Hall–Kier alpha value is -0.463. The first-order valence-corrected chi connectivity index (χ1v) is 4.54. The maximum absolute atomic E-state index is 10.6. The van der Waals surface area contributed by atoms with Crippen molar-refractivity contribution in [3.63, 3.8) is 0 Å². The molecule has 0 fully saturated rings. The number of nitrogens with one attached hydrogen (secondary N) is 2. The van der Waals surface area contributed by atoms with E-state index in [9.17, 15) is 9.59 Å². The Bertz CT molecular complexity index is 199. The molecule has 1 amide bonds. The predicted molar refractivity (Wildman–Crippen MR) is 49.3 cm³/mol. The van der Waals surface area contributed by atoms with Crippen LogP contribution < -0.4 is 10.9 Å². The van der Waals surface area contributed by atoms with Crippen LogP contribution in [0, 0.1) is 0 Å². The van der Waals surface area contributed by atoms with Crippen LogP contribution in [-0.2, 0) is 9.59 Å². The molecule has 4 nitrogen and oxygen atoms in total. The van der Waals surface area contributed by atoms with Crippen LogP contribution in [0.1, 0.15) is 6.42 Å². The molecule has 0 spiro atoms. The average Bonchev–Trinajstić information content (AvgIpc) is 1.82. The number of hydrogen-bond donors (Lipinski definition) is 2. The largest absolute Gasteiger partial charge is 0.298 e. The summed E-state index contributed by atoms with van der Waals surface area (Å²) in [6.45, 7) is 0. The van der Waals surface area contributed by atoms with Gasteiger partial charge in [-0.05, 0) is 11.6 Å². The summed E-state index contributed by atoms with van der Waals surface area (Å²) >= 11 is 9.58. The van der Waals surface area contributed by atoms with E-state index < -0.39 is 11.1 Å². The summed E-state index contributed by atoms with van der Waals surface area (Å²) in [6.07, 6.45) is -0.335. The molecule has 0 aromatic heterocycles. The van der Waals surface area contributed by atoms with Crippen molar-refractivity contribution in [1.29, 1.82) is 0 Å². The highest BCUT2D eigenvalue weighted by atomic mass is 35.5. The molecule has 0 aromatic carbocycles. The third-order valence-electron chi connectivity index (χ3n) is 0.677. The fourth-order valence-corrected chi connectivity index (χ4v) is 0.626. The second-order valence-corrected chi connectivity index (χ2v) is 4.52. The van der Waals surface area contributed by atoms with E-state index in [-0.39, 0.29) is 6.42 Å². The second-order valence-electron chi connectivity index (χ2n) is 1.76. The summed E-state index contributed by atoms with van der Waals surface area (Å²) in [4.78, 5) is 20.8. The zero-order valence-electron chi connectivity index (χ0n) is 5.81. The van der Waals surface area contributed by atoms with Crippen LogP contribution in [0.15, 0.2) is 0 Å². The minimum absolute atomic E-state index is 0.335. The molecular formula is C4H7ClN2O2SSi. The molecule has 7 heteroatoms. The van der Waals surface area contributed by atoms with E-state index in [1.165, 1.54) is 0 Å². The molecule has 0 aliphatic carbocycles. The van der Waals surface area contributed by atoms with Crippen molar-refractivity contribution in [2.75, 3.05) is 0 Å². The second kappa shape index (κ2) is 5.22. The number of amides is 1. The van der Waals surface area contributed by atoms with Crippen LogP contribution in [0.4, 0.5) is 0 Å². The van der Waals surface area contributed by atoms with Crippen LogP contribution in [0.3, 0.4) is 0 Å². The smallest absolute Gasteiger partial charge is 0.247 e. The van der Waals surface area contributed by atoms with Crippen molar-refractivity contribution in [1.82, 2.24) is 10.9 Å². The standard InChI is InChI=1S/C4H7ClN2O2SSi/c5-2(8)1-3(9)6-7-4(10)11/h1H2,11H3,(H,6,9)(H,7,10). The molecule has 0 radical (unpaired) electrons. The van der Waals surface area contributed by atoms with Gasteiger partial charge in [0.2, 0.25) is 11.1 Å². The summed E-state index contributed by atoms with van der Waals surface area (Å²) in [7, 11) is 0.661. The van der Waals surface area contributed by atoms with Gasteiger partial charge in [0.15, 0.2) is 0 Å². The molecule has 0 heterocycles. The van der Waals surface area contributed by atoms with Gasteiger partial charge in [-0.25, -0.2) is 0 Å². The van der Waals surface area contributed by atoms with Crippen molar-refractivity contribution < 1.29 is 9.59 Å². The van der Waals surface area contributed by atoms with Gasteiger partial charge in [-0.1, -0.05) is 12.2 Å². The van der Waals surface area contributed by atoms with Gasteiger partial charge in [0.05, 0.1) is 14.9 Å². The number of carbonyl (C=O) groups excluding carboxylic acids is 2. The molecule has 0 saturated carbocycles. The van der Waals surface area contributed by atoms with Crippen LogP contribution in [0.5, 0.6) is 0 Å². The molecule has 2 N–H and O–H groups in total. The first kappa shape index (κ1) is 10.5. The van der Waals surface area contributed by atoms with Gasteiger partial charge in [-0.2, -0.15) is 0 Å². The van der Waals surface area contributed by atoms with Gasteiger partial charge >= 0.3 is 0 Å². The Kier molecular flexibility index (Phi) is 5.00. The highest BCUT2D eigenvalue weighted by Gasteiger charge is 2.04. The quantitative estimate of drug-likeness (QED) is 0.190. The molecule has 0 aromatic rings. The van der Waals surface area contributed by atoms with Gasteiger partial charge in [0.25, 0.3) is 0 Å². The number of rotatable bonds is 2. The van der Waals surface area contributed by atoms with Crippen LogP contribution >= 0.6 is 23.8 Å². The molecule has 0 aliphatic rings. The summed E-state index contributed by atoms with van der Waals surface area (Å²) in [5.41, 5.74) is 4.65. The van der Waals surface area contributed by atoms with Crippen molar-refractivity contribution in [3.8, 4) is 0 Å². The van der Waals surface area contributed by atoms with Crippen molar-refractivity contribution >= 4 is 49.8 Å². The monoisotopic (exact) mass is 210 g/mol.